The molecule has 1 N–H and O–H groups in total. The smallest absolute Gasteiger partial charge is 0.203 e. The number of methoxy groups -OCH3 is 4. The number of benzene rings is 2. The van der Waals surface area contributed by atoms with E-state index in [9.17, 15) is 5.11 Å². The summed E-state index contributed by atoms with van der Waals surface area (Å²) < 4.78 is 37.3. The molecule has 0 saturated carbocycles. The lowest BCUT2D eigenvalue weighted by atomic mass is 10.1. The summed E-state index contributed by atoms with van der Waals surface area (Å²) in [6, 6.07) is 4.94. The molecule has 0 atom stereocenters. The number of hydrogen-bond donors (Lipinski definition) is 1. The number of rotatable bonds is 6. The van der Waals surface area contributed by atoms with Gasteiger partial charge in [0.05, 0.1) is 31.2 Å². The average molecular weight is 318 g/mol. The van der Waals surface area contributed by atoms with Crippen LogP contribution in [-0.4, -0.2) is 33.5 Å². The number of phenols is 1. The van der Waals surface area contributed by atoms with Gasteiger partial charge in [-0.3, -0.25) is 0 Å². The van der Waals surface area contributed by atoms with Crippen LogP contribution in [-0.2, 0) is 0 Å². The first-order chi connectivity index (χ1) is 12.0. The van der Waals surface area contributed by atoms with Gasteiger partial charge in [0.15, 0.2) is 23.0 Å². The molecule has 0 bridgehead atoms. The van der Waals surface area contributed by atoms with E-state index in [4.69, 9.17) is 21.7 Å². The van der Waals surface area contributed by atoms with Crippen LogP contribution in [0.4, 0.5) is 0 Å². The van der Waals surface area contributed by atoms with E-state index in [1.54, 1.807) is 24.3 Å². The second kappa shape index (κ2) is 7.45. The fraction of sp³-hybridized carbons (Fsp3) is 0.222. The maximum atomic E-state index is 9.84. The highest BCUT2D eigenvalue weighted by atomic mass is 16.5. The summed E-state index contributed by atoms with van der Waals surface area (Å²) in [6.45, 7) is 0. The standard InChI is InChI=1S/C18H20O5/c1-20-15-8-7-12(9-14(15)19)5-6-13-10-16(21-2)18(23-4)17(11-13)22-3/h5-11,19H,1-4H3/b6-5+/i10D,11D. The van der Waals surface area contributed by atoms with Gasteiger partial charge in [-0.05, 0) is 35.3 Å². The zero-order chi connectivity index (χ0) is 18.6. The van der Waals surface area contributed by atoms with Crippen LogP contribution in [0.15, 0.2) is 30.3 Å². The first-order valence-electron chi connectivity index (χ1n) is 7.82. The van der Waals surface area contributed by atoms with Crippen molar-refractivity contribution in [2.24, 2.45) is 0 Å². The topological polar surface area (TPSA) is 57.2 Å². The summed E-state index contributed by atoms with van der Waals surface area (Å²) in [5.74, 6) is 0.957. The molecule has 5 nitrogen and oxygen atoms in total. The van der Waals surface area contributed by atoms with Gasteiger partial charge in [0.2, 0.25) is 5.75 Å². The summed E-state index contributed by atoms with van der Waals surface area (Å²) in [5.41, 5.74) is 0.996. The molecule has 0 heterocycles. The molecule has 0 amide bonds. The summed E-state index contributed by atoms with van der Waals surface area (Å²) in [6.07, 6.45) is 3.27. The van der Waals surface area contributed by atoms with E-state index >= 15 is 0 Å². The minimum atomic E-state index is 0.00624. The molecule has 0 aromatic heterocycles. The molecule has 122 valence electrons. The molecule has 5 heteroatoms. The monoisotopic (exact) mass is 318 g/mol. The molecular formula is C18H20O5. The maximum Gasteiger partial charge on any atom is 0.203 e. The fourth-order valence-corrected chi connectivity index (χ4v) is 2.04. The first-order valence-corrected chi connectivity index (χ1v) is 6.82. The van der Waals surface area contributed by atoms with Gasteiger partial charge in [-0.25, -0.2) is 0 Å². The van der Waals surface area contributed by atoms with Gasteiger partial charge < -0.3 is 24.1 Å². The lowest BCUT2D eigenvalue weighted by Gasteiger charge is -2.12. The van der Waals surface area contributed by atoms with E-state index in [0.717, 1.165) is 0 Å². The van der Waals surface area contributed by atoms with Crippen LogP contribution < -0.4 is 18.9 Å². The van der Waals surface area contributed by atoms with Gasteiger partial charge in [-0.15, -0.1) is 0 Å². The zero-order valence-corrected chi connectivity index (χ0v) is 13.5. The minimum absolute atomic E-state index is 0.00624. The van der Waals surface area contributed by atoms with Crippen LogP contribution >= 0.6 is 0 Å². The molecule has 2 aromatic rings. The summed E-state index contributed by atoms with van der Waals surface area (Å²) >= 11 is 0. The van der Waals surface area contributed by atoms with Gasteiger partial charge >= 0.3 is 0 Å². The lowest BCUT2D eigenvalue weighted by molar-refractivity contribution is 0.324. The molecule has 0 aliphatic heterocycles. The van der Waals surface area contributed by atoms with E-state index in [1.165, 1.54) is 34.5 Å². The molecule has 0 aliphatic rings. The minimum Gasteiger partial charge on any atom is -0.504 e. The molecule has 0 radical (unpaired) electrons. The van der Waals surface area contributed by atoms with Crippen LogP contribution in [0.1, 0.15) is 13.9 Å². The Kier molecular flexibility index (Phi) is 4.47. The van der Waals surface area contributed by atoms with Crippen molar-refractivity contribution in [2.75, 3.05) is 28.4 Å². The Bertz CT molecular complexity index is 772. The van der Waals surface area contributed by atoms with Crippen molar-refractivity contribution in [2.45, 2.75) is 0 Å². The molecule has 0 aliphatic carbocycles. The van der Waals surface area contributed by atoms with Crippen molar-refractivity contribution in [3.8, 4) is 28.7 Å². The molecule has 23 heavy (non-hydrogen) atoms. The molecule has 0 fully saturated rings. The fourth-order valence-electron chi connectivity index (χ4n) is 2.04. The van der Waals surface area contributed by atoms with Crippen molar-refractivity contribution in [3.05, 3.63) is 41.4 Å². The molecule has 0 spiro atoms. The third-order valence-corrected chi connectivity index (χ3v) is 3.17. The molecule has 0 unspecified atom stereocenters. The van der Waals surface area contributed by atoms with Gasteiger partial charge in [0.25, 0.3) is 0 Å². The van der Waals surface area contributed by atoms with Crippen molar-refractivity contribution in [1.29, 1.82) is 0 Å². The molecular weight excluding hydrogens is 296 g/mol. The number of phenolic OH excluding ortho intramolecular Hbond substituents is 1. The second-order valence-corrected chi connectivity index (χ2v) is 4.53. The molecule has 0 saturated heterocycles. The maximum absolute atomic E-state index is 9.84. The van der Waals surface area contributed by atoms with Crippen LogP contribution in [0.5, 0.6) is 28.7 Å². The van der Waals surface area contributed by atoms with E-state index in [-0.39, 0.29) is 35.1 Å². The Labute approximate surface area is 138 Å². The van der Waals surface area contributed by atoms with Gasteiger partial charge in [0, 0.05) is 0 Å². The zero-order valence-electron chi connectivity index (χ0n) is 15.5. The third kappa shape index (κ3) is 3.69. The Morgan fingerprint density at radius 1 is 0.826 bits per heavy atom. The Balaban J connectivity index is 2.54. The van der Waals surface area contributed by atoms with Crippen LogP contribution in [0.25, 0.3) is 12.2 Å². The van der Waals surface area contributed by atoms with Gasteiger partial charge in [-0.2, -0.15) is 0 Å². The van der Waals surface area contributed by atoms with Crippen molar-refractivity contribution in [3.63, 3.8) is 0 Å². The van der Waals surface area contributed by atoms with E-state index in [0.29, 0.717) is 16.9 Å². The highest BCUT2D eigenvalue weighted by molar-refractivity contribution is 5.73. The largest absolute Gasteiger partial charge is 0.504 e. The SMILES string of the molecule is [2H]c1c(/C=C/c2ccc(OC)c(O)c2)c([2H])c(OC)c(OC)c1OC. The number of hydrogen-bond acceptors (Lipinski definition) is 5. The van der Waals surface area contributed by atoms with Crippen molar-refractivity contribution in [1.82, 2.24) is 0 Å². The van der Waals surface area contributed by atoms with Crippen LogP contribution in [0.2, 0.25) is 0 Å². The Hall–Kier alpha value is -2.82. The van der Waals surface area contributed by atoms with Crippen molar-refractivity contribution >= 4 is 12.2 Å². The third-order valence-electron chi connectivity index (χ3n) is 3.17. The summed E-state index contributed by atoms with van der Waals surface area (Å²) in [4.78, 5) is 0. The lowest BCUT2D eigenvalue weighted by Crippen LogP contribution is -1.95. The molecule has 2 rings (SSSR count). The number of aromatic hydroxyl groups is 1. The predicted molar refractivity (Wildman–Crippen MR) is 89.7 cm³/mol. The van der Waals surface area contributed by atoms with Gasteiger partial charge in [0.1, 0.15) is 0 Å². The first kappa shape index (κ1) is 13.8. The van der Waals surface area contributed by atoms with E-state index in [1.807, 2.05) is 0 Å². The van der Waals surface area contributed by atoms with E-state index < -0.39 is 0 Å². The van der Waals surface area contributed by atoms with Gasteiger partial charge in [-0.1, -0.05) is 18.2 Å². The van der Waals surface area contributed by atoms with E-state index in [2.05, 4.69) is 0 Å². The predicted octanol–water partition coefficient (Wildman–Crippen LogP) is 3.60. The second-order valence-electron chi connectivity index (χ2n) is 4.53. The Morgan fingerprint density at radius 3 is 1.87 bits per heavy atom. The summed E-state index contributed by atoms with van der Waals surface area (Å²) in [7, 11) is 5.75. The summed E-state index contributed by atoms with van der Waals surface area (Å²) in [5, 5.41) is 9.84. The van der Waals surface area contributed by atoms with Crippen LogP contribution in [0, 0.1) is 0 Å². The normalized spacial score (nSPS) is 11.8. The number of ether oxygens (including phenoxy) is 4. The Morgan fingerprint density at radius 2 is 1.39 bits per heavy atom. The average Bonchev–Trinajstić information content (AvgIpc) is 2.61. The molecule has 2 aromatic carbocycles. The highest BCUT2D eigenvalue weighted by Gasteiger charge is 2.12. The van der Waals surface area contributed by atoms with Crippen LogP contribution in [0.3, 0.4) is 0 Å². The quantitative estimate of drug-likeness (QED) is 0.825. The van der Waals surface area contributed by atoms with Crippen molar-refractivity contribution < 1.29 is 26.8 Å². The highest BCUT2D eigenvalue weighted by Crippen LogP contribution is 2.38.